The number of aromatic nitrogens is 4. The number of phenols is 1. The standard InChI is InChI=1S/C42H51N7O11/c1-24-16-29(17-25(2)36(24)53)39(55)44-21-33(51)37(54)38-35(45-34(52)23-49-22-31(46-48-49)28-11-4-3-5-12-28)32(50)19-42(60-38,41(57)58)14-7-10-26-8-6-9-27(18-26)20-43-40(56)30-13-15-59-47-30/h6-10,13,15-18,22,28,32-33,35,37-38,50-51,53-54H,3-5,11-12,14,19-21,23H2,1-2H3,(H,43,56)(H,44,55)(H,45,52)(H,57,58)/b10-7+/t32-,33+,35+,37+,38+,42+/m0/s1. The summed E-state index contributed by atoms with van der Waals surface area (Å²) in [7, 11) is 0. The van der Waals surface area contributed by atoms with Crippen molar-refractivity contribution in [3.05, 3.63) is 100 Å². The van der Waals surface area contributed by atoms with E-state index in [2.05, 4.69) is 31.4 Å². The molecule has 6 atom stereocenters. The van der Waals surface area contributed by atoms with Gasteiger partial charge in [0.2, 0.25) is 5.91 Å². The van der Waals surface area contributed by atoms with Gasteiger partial charge in [-0.05, 0) is 67.1 Å². The number of ether oxygens (including phenoxy) is 1. The monoisotopic (exact) mass is 829 g/mol. The number of hydrogen-bond donors (Lipinski definition) is 8. The summed E-state index contributed by atoms with van der Waals surface area (Å²) in [6.45, 7) is 2.60. The molecule has 3 heterocycles. The van der Waals surface area contributed by atoms with Gasteiger partial charge in [0.05, 0.1) is 23.9 Å². The van der Waals surface area contributed by atoms with Crippen molar-refractivity contribution in [2.75, 3.05) is 6.54 Å². The van der Waals surface area contributed by atoms with Gasteiger partial charge in [-0.3, -0.25) is 14.4 Å². The minimum absolute atomic E-state index is 0.0344. The number of nitrogens with zero attached hydrogens (tertiary/aromatic N) is 4. The molecule has 4 aromatic rings. The number of carbonyl (C=O) groups is 4. The Kier molecular flexibility index (Phi) is 14.1. The minimum Gasteiger partial charge on any atom is -0.507 e. The Balaban J connectivity index is 1.17. The van der Waals surface area contributed by atoms with Crippen LogP contribution in [-0.4, -0.2) is 112 Å². The molecule has 18 heteroatoms. The molecule has 2 aliphatic rings. The van der Waals surface area contributed by atoms with Crippen LogP contribution in [0.1, 0.15) is 99.7 Å². The smallest absolute Gasteiger partial charge is 0.336 e. The molecule has 2 aromatic heterocycles. The third-order valence-electron chi connectivity index (χ3n) is 11.1. The lowest BCUT2D eigenvalue weighted by Crippen LogP contribution is -2.67. The maximum Gasteiger partial charge on any atom is 0.336 e. The van der Waals surface area contributed by atoms with Gasteiger partial charge in [-0.2, -0.15) is 0 Å². The third-order valence-corrected chi connectivity index (χ3v) is 11.1. The first-order valence-corrected chi connectivity index (χ1v) is 19.9. The van der Waals surface area contributed by atoms with E-state index in [1.807, 2.05) is 0 Å². The van der Waals surface area contributed by atoms with E-state index in [-0.39, 0.29) is 42.4 Å². The summed E-state index contributed by atoms with van der Waals surface area (Å²) in [5.74, 6) is -2.87. The number of hydrogen-bond acceptors (Lipinski definition) is 13. The van der Waals surface area contributed by atoms with Gasteiger partial charge in [0.15, 0.2) is 11.3 Å². The summed E-state index contributed by atoms with van der Waals surface area (Å²) in [5.41, 5.74) is 1.28. The van der Waals surface area contributed by atoms with Gasteiger partial charge in [0, 0.05) is 49.7 Å². The Hall–Kier alpha value is -5.95. The molecular weight excluding hydrogens is 778 g/mol. The Morgan fingerprint density at radius 3 is 2.47 bits per heavy atom. The second-order valence-corrected chi connectivity index (χ2v) is 15.6. The lowest BCUT2D eigenvalue weighted by atomic mass is 9.81. The number of carboxylic acids is 1. The zero-order valence-electron chi connectivity index (χ0n) is 33.4. The highest BCUT2D eigenvalue weighted by molar-refractivity contribution is 5.95. The lowest BCUT2D eigenvalue weighted by Gasteiger charge is -2.47. The highest BCUT2D eigenvalue weighted by Gasteiger charge is 2.54. The number of aromatic hydroxyl groups is 1. The van der Waals surface area contributed by atoms with Gasteiger partial charge < -0.3 is 50.7 Å². The number of amides is 3. The molecule has 1 saturated heterocycles. The molecule has 2 aromatic carbocycles. The van der Waals surface area contributed by atoms with E-state index < -0.39 is 72.7 Å². The average Bonchev–Trinajstić information content (AvgIpc) is 3.95. The fourth-order valence-corrected chi connectivity index (χ4v) is 7.76. The SMILES string of the molecule is Cc1cc(C(=O)NC[C@@H](O)[C@@H](O)[C@@H]2O[C@@](C/C=C/c3cccc(CNC(=O)c4ccon4)c3)(C(=O)O)C[C@H](O)[C@H]2NC(=O)Cn2cc(C3CCCCC3)nn2)cc(C)c1O. The maximum absolute atomic E-state index is 13.5. The normalized spacial score (nSPS) is 21.9. The van der Waals surface area contributed by atoms with Gasteiger partial charge in [0.1, 0.15) is 30.8 Å². The first kappa shape index (κ1) is 43.6. The van der Waals surface area contributed by atoms with E-state index in [9.17, 15) is 44.7 Å². The molecule has 2 fully saturated rings. The van der Waals surface area contributed by atoms with Gasteiger partial charge >= 0.3 is 5.97 Å². The molecule has 0 unspecified atom stereocenters. The molecular formula is C42H51N7O11. The fraction of sp³-hybridized carbons (Fsp3) is 0.452. The summed E-state index contributed by atoms with van der Waals surface area (Å²) in [5, 5.41) is 75.0. The number of carboxylic acid groups (broad SMARTS) is 1. The van der Waals surface area contributed by atoms with E-state index in [1.165, 1.54) is 35.2 Å². The number of aliphatic carboxylic acids is 1. The highest BCUT2D eigenvalue weighted by Crippen LogP contribution is 2.36. The number of aliphatic hydroxyl groups excluding tert-OH is 3. The highest BCUT2D eigenvalue weighted by atomic mass is 16.6. The number of nitrogens with one attached hydrogen (secondary N) is 3. The topological polar surface area (TPSA) is 271 Å². The third kappa shape index (κ3) is 10.6. The molecule has 0 spiro atoms. The van der Waals surface area contributed by atoms with Crippen LogP contribution in [0.25, 0.3) is 6.08 Å². The minimum atomic E-state index is -2.13. The number of carbonyl (C=O) groups excluding carboxylic acids is 3. The van der Waals surface area contributed by atoms with Crippen LogP contribution in [-0.2, 0) is 27.4 Å². The fourth-order valence-electron chi connectivity index (χ4n) is 7.76. The van der Waals surface area contributed by atoms with Crippen LogP contribution < -0.4 is 16.0 Å². The first-order chi connectivity index (χ1) is 28.7. The van der Waals surface area contributed by atoms with Crippen molar-refractivity contribution in [2.45, 2.75) is 114 Å². The molecule has 18 nitrogen and oxygen atoms in total. The molecule has 0 radical (unpaired) electrons. The largest absolute Gasteiger partial charge is 0.507 e. The van der Waals surface area contributed by atoms with Crippen LogP contribution in [0, 0.1) is 13.8 Å². The molecule has 1 saturated carbocycles. The van der Waals surface area contributed by atoms with Crippen LogP contribution in [0.3, 0.4) is 0 Å². The van der Waals surface area contributed by atoms with Crippen molar-refractivity contribution in [3.63, 3.8) is 0 Å². The van der Waals surface area contributed by atoms with Crippen LogP contribution in [0.2, 0.25) is 0 Å². The maximum atomic E-state index is 13.5. The van der Waals surface area contributed by atoms with Gasteiger partial charge in [-0.1, -0.05) is 60.0 Å². The number of aryl methyl sites for hydroxylation is 2. The van der Waals surface area contributed by atoms with Crippen LogP contribution in [0.5, 0.6) is 5.75 Å². The van der Waals surface area contributed by atoms with Crippen LogP contribution in [0.15, 0.2) is 65.5 Å². The lowest BCUT2D eigenvalue weighted by molar-refractivity contribution is -0.226. The van der Waals surface area contributed by atoms with E-state index in [1.54, 1.807) is 50.4 Å². The van der Waals surface area contributed by atoms with Gasteiger partial charge in [0.25, 0.3) is 11.8 Å². The van der Waals surface area contributed by atoms with E-state index in [0.717, 1.165) is 43.4 Å². The molecule has 3 amide bonds. The second-order valence-electron chi connectivity index (χ2n) is 15.6. The van der Waals surface area contributed by atoms with Crippen LogP contribution >= 0.6 is 0 Å². The Morgan fingerprint density at radius 1 is 1.02 bits per heavy atom. The number of phenolic OH excluding ortho intramolecular Hbond substituents is 1. The number of benzene rings is 2. The number of aliphatic hydroxyl groups is 3. The van der Waals surface area contributed by atoms with Crippen LogP contribution in [0.4, 0.5) is 0 Å². The van der Waals surface area contributed by atoms with Crippen molar-refractivity contribution in [1.29, 1.82) is 0 Å². The molecule has 1 aliphatic heterocycles. The van der Waals surface area contributed by atoms with E-state index in [0.29, 0.717) is 16.7 Å². The zero-order chi connectivity index (χ0) is 43.0. The van der Waals surface area contributed by atoms with Crippen molar-refractivity contribution in [3.8, 4) is 5.75 Å². The summed E-state index contributed by atoms with van der Waals surface area (Å²) < 4.78 is 12.2. The molecule has 1 aliphatic carbocycles. The molecule has 0 bridgehead atoms. The van der Waals surface area contributed by atoms with E-state index in [4.69, 9.17) is 9.26 Å². The molecule has 8 N–H and O–H groups in total. The zero-order valence-corrected chi connectivity index (χ0v) is 33.4. The molecule has 60 heavy (non-hydrogen) atoms. The van der Waals surface area contributed by atoms with Crippen molar-refractivity contribution >= 4 is 29.8 Å². The average molecular weight is 830 g/mol. The summed E-state index contributed by atoms with van der Waals surface area (Å²) in [6, 6.07) is 10.0. The van der Waals surface area contributed by atoms with Gasteiger partial charge in [-0.15, -0.1) is 5.10 Å². The molecule has 320 valence electrons. The summed E-state index contributed by atoms with van der Waals surface area (Å²) >= 11 is 0. The Bertz CT molecular complexity index is 2140. The summed E-state index contributed by atoms with van der Waals surface area (Å²) in [4.78, 5) is 51.8. The Labute approximate surface area is 345 Å². The van der Waals surface area contributed by atoms with E-state index >= 15 is 0 Å². The van der Waals surface area contributed by atoms with Crippen molar-refractivity contribution in [1.82, 2.24) is 36.1 Å². The Morgan fingerprint density at radius 2 is 1.77 bits per heavy atom. The van der Waals surface area contributed by atoms with Gasteiger partial charge in [-0.25, -0.2) is 9.48 Å². The summed E-state index contributed by atoms with van der Waals surface area (Å²) in [6.07, 6.45) is 3.69. The number of rotatable bonds is 16. The van der Waals surface area contributed by atoms with Crippen molar-refractivity contribution in [2.24, 2.45) is 0 Å². The van der Waals surface area contributed by atoms with Crippen molar-refractivity contribution < 1.29 is 54.0 Å². The molecule has 6 rings (SSSR count). The first-order valence-electron chi connectivity index (χ1n) is 19.9. The predicted octanol–water partition coefficient (Wildman–Crippen LogP) is 2.28. The predicted molar refractivity (Wildman–Crippen MR) is 213 cm³/mol. The second kappa shape index (κ2) is 19.4. The quantitative estimate of drug-likeness (QED) is 0.0806.